The molecule has 0 bridgehead atoms. The Balaban J connectivity index is 2.28. The molecule has 0 aromatic heterocycles. The Kier molecular flexibility index (Phi) is 5.00. The average Bonchev–Trinajstić information content (AvgIpc) is 2.20. The number of halogens is 1. The Morgan fingerprint density at radius 2 is 2.20 bits per heavy atom. The smallest absolute Gasteiger partial charge is 0.332 e. The second kappa shape index (κ2) is 6.31. The largest absolute Gasteiger partial charge is 0.350 e. The third-order valence-electron chi connectivity index (χ3n) is 1.40. The first-order valence-electron chi connectivity index (χ1n) is 4.14. The third-order valence-corrected chi connectivity index (χ3v) is 2.58. The van der Waals surface area contributed by atoms with Crippen LogP contribution in [0.25, 0.3) is 0 Å². The Morgan fingerprint density at radius 3 is 2.80 bits per heavy atom. The van der Waals surface area contributed by atoms with E-state index in [1.54, 1.807) is 18.0 Å². The van der Waals surface area contributed by atoms with Gasteiger partial charge in [-0.1, -0.05) is 11.6 Å². The number of hydrogen-bond donors (Lipinski definition) is 2. The van der Waals surface area contributed by atoms with Gasteiger partial charge < -0.3 is 5.73 Å². The van der Waals surface area contributed by atoms with Crippen LogP contribution in [-0.4, -0.2) is 18.0 Å². The van der Waals surface area contributed by atoms with Crippen molar-refractivity contribution in [3.8, 4) is 0 Å². The second-order valence-corrected chi connectivity index (χ2v) is 4.08. The van der Waals surface area contributed by atoms with Crippen molar-refractivity contribution in [3.05, 3.63) is 29.3 Å². The van der Waals surface area contributed by atoms with Gasteiger partial charge in [-0.15, -0.1) is 11.8 Å². The van der Waals surface area contributed by atoms with Crippen LogP contribution in [0.3, 0.4) is 0 Å². The zero-order valence-electron chi connectivity index (χ0n) is 7.81. The van der Waals surface area contributed by atoms with Crippen LogP contribution >= 0.6 is 23.4 Å². The van der Waals surface area contributed by atoms with Crippen LogP contribution < -0.4 is 11.2 Å². The predicted molar refractivity (Wildman–Crippen MR) is 63.4 cm³/mol. The molecule has 1 rings (SSSR count). The number of thioether (sulfide) groups is 1. The fourth-order valence-corrected chi connectivity index (χ4v) is 1.61. The van der Waals surface area contributed by atoms with Crippen molar-refractivity contribution in [2.24, 2.45) is 10.8 Å². The summed E-state index contributed by atoms with van der Waals surface area (Å²) in [7, 11) is 0. The lowest BCUT2D eigenvalue weighted by atomic mass is 10.4. The van der Waals surface area contributed by atoms with Crippen LogP contribution in [0.2, 0.25) is 5.02 Å². The van der Waals surface area contributed by atoms with E-state index < -0.39 is 6.03 Å². The molecule has 0 unspecified atom stereocenters. The van der Waals surface area contributed by atoms with Gasteiger partial charge in [0.2, 0.25) is 0 Å². The van der Waals surface area contributed by atoms with Gasteiger partial charge in [0.25, 0.3) is 0 Å². The van der Waals surface area contributed by atoms with E-state index >= 15 is 0 Å². The molecule has 0 saturated carbocycles. The predicted octanol–water partition coefficient (Wildman–Crippen LogP) is 2.09. The van der Waals surface area contributed by atoms with E-state index in [4.69, 9.17) is 17.3 Å². The fraction of sp³-hybridized carbons (Fsp3) is 0.111. The van der Waals surface area contributed by atoms with Gasteiger partial charge in [-0.25, -0.2) is 10.2 Å². The highest BCUT2D eigenvalue weighted by Crippen LogP contribution is 2.19. The number of carbonyl (C=O) groups excluding carboxylic acids is 1. The molecule has 0 atom stereocenters. The van der Waals surface area contributed by atoms with Crippen LogP contribution in [-0.2, 0) is 0 Å². The molecule has 0 saturated heterocycles. The molecule has 15 heavy (non-hydrogen) atoms. The van der Waals surface area contributed by atoms with Gasteiger partial charge in [-0.3, -0.25) is 0 Å². The number of benzene rings is 1. The zero-order valence-corrected chi connectivity index (χ0v) is 9.39. The summed E-state index contributed by atoms with van der Waals surface area (Å²) in [6.45, 7) is 0. The molecule has 2 amide bonds. The van der Waals surface area contributed by atoms with Gasteiger partial charge in [-0.05, 0) is 24.3 Å². The van der Waals surface area contributed by atoms with Crippen LogP contribution in [0.5, 0.6) is 0 Å². The summed E-state index contributed by atoms with van der Waals surface area (Å²) in [4.78, 5) is 11.3. The van der Waals surface area contributed by atoms with Crippen molar-refractivity contribution in [3.63, 3.8) is 0 Å². The summed E-state index contributed by atoms with van der Waals surface area (Å²) in [6.07, 6.45) is 1.57. The fourth-order valence-electron chi connectivity index (χ4n) is 0.811. The maximum atomic E-state index is 10.2. The Bertz CT molecular complexity index is 353. The van der Waals surface area contributed by atoms with Crippen molar-refractivity contribution >= 4 is 35.6 Å². The first kappa shape index (κ1) is 11.9. The molecule has 0 radical (unpaired) electrons. The topological polar surface area (TPSA) is 67.5 Å². The molecule has 1 aromatic rings. The van der Waals surface area contributed by atoms with E-state index in [2.05, 4.69) is 10.5 Å². The quantitative estimate of drug-likeness (QED) is 0.483. The Hall–Kier alpha value is -1.20. The summed E-state index contributed by atoms with van der Waals surface area (Å²) >= 11 is 7.31. The zero-order chi connectivity index (χ0) is 11.1. The highest BCUT2D eigenvalue weighted by molar-refractivity contribution is 7.99. The van der Waals surface area contributed by atoms with Gasteiger partial charge >= 0.3 is 6.03 Å². The molecule has 1 aromatic carbocycles. The van der Waals surface area contributed by atoms with Crippen molar-refractivity contribution in [1.29, 1.82) is 0 Å². The number of carbonyl (C=O) groups is 1. The number of hydrogen-bond acceptors (Lipinski definition) is 3. The van der Waals surface area contributed by atoms with Gasteiger partial charge in [0.15, 0.2) is 0 Å². The number of rotatable bonds is 4. The van der Waals surface area contributed by atoms with Crippen LogP contribution in [0.1, 0.15) is 0 Å². The van der Waals surface area contributed by atoms with E-state index in [0.29, 0.717) is 10.8 Å². The van der Waals surface area contributed by atoms with Crippen LogP contribution in [0.4, 0.5) is 4.79 Å². The normalized spacial score (nSPS) is 10.5. The number of hydrazone groups is 1. The van der Waals surface area contributed by atoms with Crippen molar-refractivity contribution < 1.29 is 4.79 Å². The molecule has 0 heterocycles. The number of amides is 2. The molecule has 0 spiro atoms. The minimum atomic E-state index is -0.664. The standard InChI is InChI=1S/C9H10ClN3OS/c10-7-1-3-8(4-2-7)15-6-5-12-13-9(11)14/h1-5H,6H2,(H3,11,13,14). The van der Waals surface area contributed by atoms with Crippen molar-refractivity contribution in [2.75, 3.05) is 5.75 Å². The van der Waals surface area contributed by atoms with E-state index in [9.17, 15) is 4.79 Å². The van der Waals surface area contributed by atoms with Gasteiger partial charge in [0, 0.05) is 21.9 Å². The molecular formula is C9H10ClN3OS. The first-order chi connectivity index (χ1) is 7.18. The van der Waals surface area contributed by atoms with E-state index in [1.165, 1.54) is 0 Å². The Morgan fingerprint density at radius 1 is 1.53 bits per heavy atom. The SMILES string of the molecule is NC(=O)NN=CCSc1ccc(Cl)cc1. The summed E-state index contributed by atoms with van der Waals surface area (Å²) in [6, 6.07) is 6.82. The van der Waals surface area contributed by atoms with Gasteiger partial charge in [0.05, 0.1) is 0 Å². The molecule has 0 aliphatic carbocycles. The number of nitrogens with two attached hydrogens (primary N) is 1. The van der Waals surface area contributed by atoms with Gasteiger partial charge in [-0.2, -0.15) is 5.10 Å². The molecule has 3 N–H and O–H groups in total. The molecule has 0 aliphatic heterocycles. The molecule has 4 nitrogen and oxygen atoms in total. The molecular weight excluding hydrogens is 234 g/mol. The number of primary amides is 1. The highest BCUT2D eigenvalue weighted by atomic mass is 35.5. The van der Waals surface area contributed by atoms with E-state index in [1.807, 2.05) is 24.3 Å². The summed E-state index contributed by atoms with van der Waals surface area (Å²) in [5.41, 5.74) is 6.93. The summed E-state index contributed by atoms with van der Waals surface area (Å²) < 4.78 is 0. The van der Waals surface area contributed by atoms with Crippen LogP contribution in [0, 0.1) is 0 Å². The number of nitrogens with one attached hydrogen (secondary N) is 1. The second-order valence-electron chi connectivity index (χ2n) is 2.55. The maximum absolute atomic E-state index is 10.2. The highest BCUT2D eigenvalue weighted by Gasteiger charge is 1.92. The lowest BCUT2D eigenvalue weighted by molar-refractivity contribution is 0.249. The number of urea groups is 1. The van der Waals surface area contributed by atoms with Crippen molar-refractivity contribution in [2.45, 2.75) is 4.90 Å². The summed E-state index contributed by atoms with van der Waals surface area (Å²) in [5, 5.41) is 4.32. The molecule has 0 fully saturated rings. The Labute approximate surface area is 96.9 Å². The molecule has 0 aliphatic rings. The van der Waals surface area contributed by atoms with Crippen molar-refractivity contribution in [1.82, 2.24) is 5.43 Å². The first-order valence-corrected chi connectivity index (χ1v) is 5.50. The number of nitrogens with zero attached hydrogens (tertiary/aromatic N) is 1. The minimum Gasteiger partial charge on any atom is -0.350 e. The average molecular weight is 244 g/mol. The molecule has 6 heteroatoms. The third kappa shape index (κ3) is 5.29. The van der Waals surface area contributed by atoms with Gasteiger partial charge in [0.1, 0.15) is 0 Å². The lowest BCUT2D eigenvalue weighted by Gasteiger charge is -1.97. The summed E-state index contributed by atoms with van der Waals surface area (Å²) in [5.74, 6) is 0.655. The van der Waals surface area contributed by atoms with E-state index in [-0.39, 0.29) is 0 Å². The van der Waals surface area contributed by atoms with E-state index in [0.717, 1.165) is 4.90 Å². The van der Waals surface area contributed by atoms with Crippen LogP contribution in [0.15, 0.2) is 34.3 Å². The lowest BCUT2D eigenvalue weighted by Crippen LogP contribution is -2.24. The molecule has 80 valence electrons. The minimum absolute atomic E-state index is 0.655. The monoisotopic (exact) mass is 243 g/mol. The maximum Gasteiger partial charge on any atom is 0.332 e.